The van der Waals surface area contributed by atoms with Crippen molar-refractivity contribution in [2.45, 2.75) is 0 Å². The normalized spacial score (nSPS) is 7.50. The lowest BCUT2D eigenvalue weighted by Gasteiger charge is -1.91. The van der Waals surface area contributed by atoms with E-state index in [4.69, 9.17) is 0 Å². The average Bonchev–Trinajstić information content (AvgIpc) is 1.61. The van der Waals surface area contributed by atoms with Crippen LogP contribution >= 0.6 is 0 Å². The van der Waals surface area contributed by atoms with Crippen LogP contribution in [0, 0.1) is 0 Å². The molecule has 6 heavy (non-hydrogen) atoms. The summed E-state index contributed by atoms with van der Waals surface area (Å²) in [4.78, 5) is 13.5. The van der Waals surface area contributed by atoms with Crippen molar-refractivity contribution in [2.75, 3.05) is 7.11 Å². The SMILES string of the molecule is CONNC=O. The highest BCUT2D eigenvalue weighted by Gasteiger charge is 1.64. The zero-order chi connectivity index (χ0) is 4.83. The van der Waals surface area contributed by atoms with Gasteiger partial charge in [-0.2, -0.15) is 0 Å². The third-order valence-electron chi connectivity index (χ3n) is 0.220. The van der Waals surface area contributed by atoms with Gasteiger partial charge < -0.3 is 0 Å². The highest BCUT2D eigenvalue weighted by molar-refractivity contribution is 5.44. The van der Waals surface area contributed by atoms with E-state index >= 15 is 0 Å². The monoisotopic (exact) mass is 90.0 g/mol. The van der Waals surface area contributed by atoms with E-state index in [-0.39, 0.29) is 0 Å². The first-order valence-corrected chi connectivity index (χ1v) is 1.39. The lowest BCUT2D eigenvalue weighted by atomic mass is 11.4. The summed E-state index contributed by atoms with van der Waals surface area (Å²) in [6.07, 6.45) is 0.476. The predicted molar refractivity (Wildman–Crippen MR) is 19.3 cm³/mol. The summed E-state index contributed by atoms with van der Waals surface area (Å²) in [5.74, 6) is 0. The van der Waals surface area contributed by atoms with Crippen LogP contribution in [0.25, 0.3) is 0 Å². The highest BCUT2D eigenvalue weighted by Crippen LogP contribution is 1.35. The summed E-state index contributed by atoms with van der Waals surface area (Å²) in [6, 6.07) is 0. The molecular weight excluding hydrogens is 84.0 g/mol. The van der Waals surface area contributed by atoms with Crippen molar-refractivity contribution in [3.63, 3.8) is 0 Å². The fourth-order valence-electron chi connectivity index (χ4n) is 0.0830. The number of hydrogen-bond donors (Lipinski definition) is 2. The van der Waals surface area contributed by atoms with Gasteiger partial charge in [0.05, 0.1) is 7.11 Å². The molecule has 0 unspecified atom stereocenters. The second-order valence-corrected chi connectivity index (χ2v) is 0.568. The van der Waals surface area contributed by atoms with Crippen molar-refractivity contribution in [2.24, 2.45) is 0 Å². The molecule has 36 valence electrons. The maximum absolute atomic E-state index is 9.31. The zero-order valence-corrected chi connectivity index (χ0v) is 3.39. The fraction of sp³-hybridized carbons (Fsp3) is 0.500. The van der Waals surface area contributed by atoms with Gasteiger partial charge in [0, 0.05) is 0 Å². The molecular formula is C2H6N2O2. The quantitative estimate of drug-likeness (QED) is 0.260. The second-order valence-electron chi connectivity index (χ2n) is 0.568. The molecule has 0 rings (SSSR count). The lowest BCUT2D eigenvalue weighted by molar-refractivity contribution is -0.113. The number of amides is 1. The van der Waals surface area contributed by atoms with Gasteiger partial charge in [-0.1, -0.05) is 0 Å². The molecule has 1 amide bonds. The standard InChI is InChI=1S/C2H6N2O2/c1-6-4-3-2-5/h2,4H,1H3,(H,3,5). The number of carbonyl (C=O) groups is 1. The molecule has 0 radical (unpaired) electrons. The van der Waals surface area contributed by atoms with Crippen molar-refractivity contribution in [1.82, 2.24) is 11.0 Å². The first-order valence-electron chi connectivity index (χ1n) is 1.39. The third kappa shape index (κ3) is 3.39. The van der Waals surface area contributed by atoms with E-state index in [1.807, 2.05) is 5.43 Å². The van der Waals surface area contributed by atoms with Gasteiger partial charge >= 0.3 is 0 Å². The van der Waals surface area contributed by atoms with Crippen molar-refractivity contribution in [1.29, 1.82) is 0 Å². The third-order valence-corrected chi connectivity index (χ3v) is 0.220. The molecule has 4 nitrogen and oxygen atoms in total. The molecule has 0 aromatic carbocycles. The van der Waals surface area contributed by atoms with Gasteiger partial charge in [0.15, 0.2) is 0 Å². The van der Waals surface area contributed by atoms with Crippen LogP contribution in [0.3, 0.4) is 0 Å². The van der Waals surface area contributed by atoms with Gasteiger partial charge in [0.25, 0.3) is 0 Å². The maximum atomic E-state index is 9.31. The highest BCUT2D eigenvalue weighted by atomic mass is 16.7. The molecule has 2 N–H and O–H groups in total. The van der Waals surface area contributed by atoms with E-state index in [1.165, 1.54) is 7.11 Å². The Balaban J connectivity index is 2.49. The van der Waals surface area contributed by atoms with Crippen molar-refractivity contribution < 1.29 is 9.63 Å². The Kier molecular flexibility index (Phi) is 3.94. The van der Waals surface area contributed by atoms with Crippen LogP contribution in [0.2, 0.25) is 0 Å². The van der Waals surface area contributed by atoms with E-state index in [1.54, 1.807) is 0 Å². The Morgan fingerprint density at radius 2 is 2.50 bits per heavy atom. The van der Waals surface area contributed by atoms with E-state index in [0.717, 1.165) is 0 Å². The minimum absolute atomic E-state index is 0.476. The summed E-state index contributed by atoms with van der Waals surface area (Å²) < 4.78 is 0. The molecule has 0 heterocycles. The largest absolute Gasteiger partial charge is 0.286 e. The van der Waals surface area contributed by atoms with E-state index < -0.39 is 0 Å². The van der Waals surface area contributed by atoms with Gasteiger partial charge in [-0.05, 0) is 0 Å². The summed E-state index contributed by atoms with van der Waals surface area (Å²) in [5, 5.41) is 0. The van der Waals surface area contributed by atoms with Gasteiger partial charge in [-0.3, -0.25) is 15.1 Å². The Morgan fingerprint density at radius 1 is 1.83 bits per heavy atom. The van der Waals surface area contributed by atoms with Gasteiger partial charge in [0.2, 0.25) is 6.41 Å². The predicted octanol–water partition coefficient (Wildman–Crippen LogP) is -1.20. The van der Waals surface area contributed by atoms with E-state index in [2.05, 4.69) is 10.4 Å². The van der Waals surface area contributed by atoms with Crippen LogP contribution in [-0.4, -0.2) is 13.5 Å². The average molecular weight is 90.1 g/mol. The molecule has 0 aliphatic rings. The first-order chi connectivity index (χ1) is 2.91. The maximum Gasteiger partial charge on any atom is 0.223 e. The summed E-state index contributed by atoms with van der Waals surface area (Å²) in [7, 11) is 1.40. The molecule has 0 aliphatic carbocycles. The molecule has 0 saturated carbocycles. The number of carbonyl (C=O) groups excluding carboxylic acids is 1. The van der Waals surface area contributed by atoms with Crippen LogP contribution in [0.5, 0.6) is 0 Å². The Bertz CT molecular complexity index is 38.5. The Morgan fingerprint density at radius 3 is 2.67 bits per heavy atom. The molecule has 4 heteroatoms. The lowest BCUT2D eigenvalue weighted by Crippen LogP contribution is -2.28. The van der Waals surface area contributed by atoms with Crippen molar-refractivity contribution >= 4 is 6.41 Å². The topological polar surface area (TPSA) is 50.4 Å². The first kappa shape index (κ1) is 5.39. The van der Waals surface area contributed by atoms with E-state index in [9.17, 15) is 4.79 Å². The van der Waals surface area contributed by atoms with Crippen molar-refractivity contribution in [3.05, 3.63) is 0 Å². The molecule has 0 bridgehead atoms. The van der Waals surface area contributed by atoms with Crippen LogP contribution < -0.4 is 11.0 Å². The minimum Gasteiger partial charge on any atom is -0.286 e. The van der Waals surface area contributed by atoms with Crippen LogP contribution in [0.15, 0.2) is 0 Å². The molecule has 0 atom stereocenters. The molecule has 0 saturated heterocycles. The van der Waals surface area contributed by atoms with Crippen molar-refractivity contribution in [3.8, 4) is 0 Å². The van der Waals surface area contributed by atoms with E-state index in [0.29, 0.717) is 6.41 Å². The van der Waals surface area contributed by atoms with Crippen LogP contribution in [-0.2, 0) is 9.63 Å². The number of hydrogen-bond acceptors (Lipinski definition) is 3. The molecule has 0 aliphatic heterocycles. The van der Waals surface area contributed by atoms with Gasteiger partial charge in [0.1, 0.15) is 0 Å². The van der Waals surface area contributed by atoms with Crippen LogP contribution in [0.1, 0.15) is 0 Å². The molecule has 0 aromatic heterocycles. The Hall–Kier alpha value is -0.610. The molecule has 0 spiro atoms. The second kappa shape index (κ2) is 4.39. The van der Waals surface area contributed by atoms with Gasteiger partial charge in [-0.25, -0.2) is 0 Å². The number of hydrazine groups is 1. The summed E-state index contributed by atoms with van der Waals surface area (Å²) >= 11 is 0. The van der Waals surface area contributed by atoms with Crippen LogP contribution in [0.4, 0.5) is 0 Å². The number of rotatable bonds is 3. The number of nitrogens with one attached hydrogen (secondary N) is 2. The molecule has 0 fully saturated rings. The molecule has 0 aromatic rings. The smallest absolute Gasteiger partial charge is 0.223 e. The van der Waals surface area contributed by atoms with Gasteiger partial charge in [-0.15, -0.1) is 5.59 Å². The minimum atomic E-state index is 0.476. The summed E-state index contributed by atoms with van der Waals surface area (Å²) in [6.45, 7) is 0. The Labute approximate surface area is 35.4 Å². The fourth-order valence-corrected chi connectivity index (χ4v) is 0.0830. The zero-order valence-electron chi connectivity index (χ0n) is 3.39. The summed E-state index contributed by atoms with van der Waals surface area (Å²) in [5.41, 5.74) is 4.12.